The molecular weight excluding hydrogens is 372 g/mol. The molecule has 0 radical (unpaired) electrons. The zero-order valence-corrected chi connectivity index (χ0v) is 18.5. The third kappa shape index (κ3) is 8.23. The molecule has 0 saturated heterocycles. The number of nitrogens with one attached hydrogen (secondary N) is 2. The molecule has 0 heterocycles. The van der Waals surface area contributed by atoms with Crippen LogP contribution in [0.4, 0.5) is 0 Å². The second-order valence-electron chi connectivity index (χ2n) is 8.55. The molecule has 2 amide bonds. The summed E-state index contributed by atoms with van der Waals surface area (Å²) in [5.41, 5.74) is 1.56. The Kier molecular flexibility index (Phi) is 9.30. The van der Waals surface area contributed by atoms with E-state index in [0.717, 1.165) is 5.56 Å². The van der Waals surface area contributed by atoms with Crippen LogP contribution in [0.15, 0.2) is 24.3 Å². The van der Waals surface area contributed by atoms with Gasteiger partial charge in [0.1, 0.15) is 6.04 Å². The highest BCUT2D eigenvalue weighted by molar-refractivity contribution is 5.97. The van der Waals surface area contributed by atoms with Crippen LogP contribution in [0, 0.1) is 5.92 Å². The fourth-order valence-electron chi connectivity index (χ4n) is 2.68. The third-order valence-corrected chi connectivity index (χ3v) is 4.39. The van der Waals surface area contributed by atoms with Crippen LogP contribution in [-0.4, -0.2) is 50.2 Å². The summed E-state index contributed by atoms with van der Waals surface area (Å²) >= 11 is 0. The van der Waals surface area contributed by atoms with Crippen molar-refractivity contribution in [2.75, 3.05) is 20.3 Å². The van der Waals surface area contributed by atoms with Gasteiger partial charge in [0.25, 0.3) is 11.8 Å². The van der Waals surface area contributed by atoms with Gasteiger partial charge >= 0.3 is 5.97 Å². The van der Waals surface area contributed by atoms with Crippen LogP contribution < -0.4 is 10.6 Å². The molecule has 162 valence electrons. The van der Waals surface area contributed by atoms with Crippen molar-refractivity contribution < 1.29 is 23.9 Å². The minimum Gasteiger partial charge on any atom is -0.454 e. The third-order valence-electron chi connectivity index (χ3n) is 4.39. The summed E-state index contributed by atoms with van der Waals surface area (Å²) in [7, 11) is 1.54. The van der Waals surface area contributed by atoms with Crippen molar-refractivity contribution >= 4 is 17.8 Å². The molecule has 0 aliphatic rings. The Morgan fingerprint density at radius 2 is 1.59 bits per heavy atom. The van der Waals surface area contributed by atoms with E-state index in [-0.39, 0.29) is 23.3 Å². The van der Waals surface area contributed by atoms with Crippen molar-refractivity contribution in [2.24, 2.45) is 5.92 Å². The first kappa shape index (κ1) is 24.6. The lowest BCUT2D eigenvalue weighted by Gasteiger charge is -2.22. The fourth-order valence-corrected chi connectivity index (χ4v) is 2.68. The average molecular weight is 407 g/mol. The molecule has 29 heavy (non-hydrogen) atoms. The maximum absolute atomic E-state index is 12.6. The zero-order valence-electron chi connectivity index (χ0n) is 18.5. The molecule has 0 saturated carbocycles. The lowest BCUT2D eigenvalue weighted by molar-refractivity contribution is -0.151. The summed E-state index contributed by atoms with van der Waals surface area (Å²) < 4.78 is 10.0. The van der Waals surface area contributed by atoms with Gasteiger partial charge in [-0.3, -0.25) is 9.59 Å². The van der Waals surface area contributed by atoms with Crippen LogP contribution in [0.1, 0.15) is 57.5 Å². The van der Waals surface area contributed by atoms with E-state index in [4.69, 9.17) is 9.47 Å². The molecule has 0 bridgehead atoms. The van der Waals surface area contributed by atoms with Crippen LogP contribution in [0.25, 0.3) is 0 Å². The lowest BCUT2D eigenvalue weighted by atomic mass is 9.86. The van der Waals surface area contributed by atoms with Crippen molar-refractivity contribution in [3.8, 4) is 0 Å². The number of ether oxygens (including phenoxy) is 2. The Labute approximate surface area is 173 Å². The molecule has 1 aromatic carbocycles. The summed E-state index contributed by atoms with van der Waals surface area (Å²) in [5.74, 6) is -1.63. The molecule has 2 atom stereocenters. The van der Waals surface area contributed by atoms with Crippen molar-refractivity contribution in [2.45, 2.75) is 59.0 Å². The van der Waals surface area contributed by atoms with E-state index in [1.165, 1.54) is 7.11 Å². The molecule has 1 rings (SSSR count). The van der Waals surface area contributed by atoms with E-state index >= 15 is 0 Å². The average Bonchev–Trinajstić information content (AvgIpc) is 2.63. The van der Waals surface area contributed by atoms with Gasteiger partial charge in [-0.15, -0.1) is 0 Å². The maximum atomic E-state index is 12.6. The molecule has 0 fully saturated rings. The maximum Gasteiger partial charge on any atom is 0.329 e. The van der Waals surface area contributed by atoms with Gasteiger partial charge in [0, 0.05) is 18.7 Å². The van der Waals surface area contributed by atoms with Gasteiger partial charge in [-0.2, -0.15) is 0 Å². The van der Waals surface area contributed by atoms with Crippen molar-refractivity contribution in [3.63, 3.8) is 0 Å². The normalized spacial score (nSPS) is 13.5. The molecule has 0 unspecified atom stereocenters. The Balaban J connectivity index is 2.69. The van der Waals surface area contributed by atoms with Gasteiger partial charge in [-0.1, -0.05) is 46.8 Å². The molecule has 0 aromatic heterocycles. The highest BCUT2D eigenvalue weighted by atomic mass is 16.5. The van der Waals surface area contributed by atoms with Crippen LogP contribution in [0.5, 0.6) is 0 Å². The highest BCUT2D eigenvalue weighted by Gasteiger charge is 2.27. The predicted octanol–water partition coefficient (Wildman–Crippen LogP) is 2.43. The summed E-state index contributed by atoms with van der Waals surface area (Å²) in [4.78, 5) is 36.8. The summed E-state index contributed by atoms with van der Waals surface area (Å²) in [6.45, 7) is 11.6. The Hall–Kier alpha value is -2.41. The Morgan fingerprint density at radius 3 is 2.07 bits per heavy atom. The van der Waals surface area contributed by atoms with Crippen LogP contribution in [0.2, 0.25) is 0 Å². The number of carbonyl (C=O) groups excluding carboxylic acids is 3. The Morgan fingerprint density at radius 1 is 1.00 bits per heavy atom. The molecule has 0 aliphatic carbocycles. The van der Waals surface area contributed by atoms with Crippen LogP contribution in [-0.2, 0) is 24.5 Å². The van der Waals surface area contributed by atoms with Crippen molar-refractivity contribution in [3.05, 3.63) is 35.4 Å². The number of amides is 2. The number of esters is 1. The minimum absolute atomic E-state index is 0.0133. The number of rotatable bonds is 9. The molecule has 0 spiro atoms. The number of carbonyl (C=O) groups is 3. The molecule has 0 aliphatic heterocycles. The molecular formula is C22H34N2O5. The first-order valence-corrected chi connectivity index (χ1v) is 9.82. The first-order valence-electron chi connectivity index (χ1n) is 9.82. The van der Waals surface area contributed by atoms with Crippen molar-refractivity contribution in [1.82, 2.24) is 10.6 Å². The van der Waals surface area contributed by atoms with Gasteiger partial charge in [0.2, 0.25) is 0 Å². The summed E-state index contributed by atoms with van der Waals surface area (Å²) in [6, 6.07) is 6.25. The lowest BCUT2D eigenvalue weighted by Crippen LogP contribution is -2.46. The van der Waals surface area contributed by atoms with Gasteiger partial charge in [0.15, 0.2) is 6.61 Å². The van der Waals surface area contributed by atoms with E-state index < -0.39 is 24.5 Å². The summed E-state index contributed by atoms with van der Waals surface area (Å²) in [5, 5.41) is 5.37. The quantitative estimate of drug-likeness (QED) is 0.615. The number of methoxy groups -OCH3 is 1. The van der Waals surface area contributed by atoms with E-state index in [9.17, 15) is 14.4 Å². The topological polar surface area (TPSA) is 93.7 Å². The van der Waals surface area contributed by atoms with Crippen LogP contribution in [0.3, 0.4) is 0 Å². The molecule has 2 N–H and O–H groups in total. The first-order chi connectivity index (χ1) is 13.5. The van der Waals surface area contributed by atoms with E-state index in [1.54, 1.807) is 32.9 Å². The van der Waals surface area contributed by atoms with Crippen molar-refractivity contribution in [1.29, 1.82) is 0 Å². The van der Waals surface area contributed by atoms with Gasteiger partial charge in [-0.25, -0.2) is 4.79 Å². The molecule has 7 nitrogen and oxygen atoms in total. The van der Waals surface area contributed by atoms with Gasteiger partial charge < -0.3 is 20.1 Å². The SMILES string of the molecule is COC[C@@H](C)NC(=O)COC(=O)[C@H](NC(=O)c1ccc(C(C)(C)C)cc1)C(C)C. The monoisotopic (exact) mass is 406 g/mol. The van der Waals surface area contributed by atoms with E-state index in [1.807, 2.05) is 12.1 Å². The fraction of sp³-hybridized carbons (Fsp3) is 0.591. The van der Waals surface area contributed by atoms with Gasteiger partial charge in [0.05, 0.1) is 6.61 Å². The van der Waals surface area contributed by atoms with Gasteiger partial charge in [-0.05, 0) is 36.0 Å². The smallest absolute Gasteiger partial charge is 0.329 e. The number of hydrogen-bond donors (Lipinski definition) is 2. The standard InChI is InChI=1S/C22H34N2O5/c1-14(2)19(21(27)29-13-18(25)23-15(3)12-28-7)24-20(26)16-8-10-17(11-9-16)22(4,5)6/h8-11,14-15,19H,12-13H2,1-7H3,(H,23,25)(H,24,26)/t15-,19-/m1/s1. The van der Waals surface area contributed by atoms with E-state index in [0.29, 0.717) is 12.2 Å². The zero-order chi connectivity index (χ0) is 22.2. The largest absolute Gasteiger partial charge is 0.454 e. The minimum atomic E-state index is -0.853. The second kappa shape index (κ2) is 11.0. The Bertz CT molecular complexity index is 692. The number of benzene rings is 1. The van der Waals surface area contributed by atoms with E-state index in [2.05, 4.69) is 31.4 Å². The molecule has 1 aromatic rings. The highest BCUT2D eigenvalue weighted by Crippen LogP contribution is 2.22. The molecule has 7 heteroatoms. The predicted molar refractivity (Wildman–Crippen MR) is 112 cm³/mol. The second-order valence-corrected chi connectivity index (χ2v) is 8.55. The summed E-state index contributed by atoms with van der Waals surface area (Å²) in [6.07, 6.45) is 0. The van der Waals surface area contributed by atoms with Crippen LogP contribution >= 0.6 is 0 Å². The number of hydrogen-bond acceptors (Lipinski definition) is 5.